The summed E-state index contributed by atoms with van der Waals surface area (Å²) in [6.45, 7) is 1.90. The van der Waals surface area contributed by atoms with Crippen LogP contribution in [0.3, 0.4) is 0 Å². The Morgan fingerprint density at radius 3 is 2.58 bits per heavy atom. The molecule has 0 saturated heterocycles. The zero-order valence-electron chi connectivity index (χ0n) is 10.2. The van der Waals surface area contributed by atoms with Crippen molar-refractivity contribution in [2.24, 2.45) is 0 Å². The summed E-state index contributed by atoms with van der Waals surface area (Å²) in [5, 5.41) is 3.06. The van der Waals surface area contributed by atoms with Gasteiger partial charge in [0.25, 0.3) is 6.43 Å². The van der Waals surface area contributed by atoms with E-state index in [-0.39, 0.29) is 11.6 Å². The highest BCUT2D eigenvalue weighted by Crippen LogP contribution is 2.33. The van der Waals surface area contributed by atoms with Crippen molar-refractivity contribution in [2.75, 3.05) is 11.1 Å². The van der Waals surface area contributed by atoms with Crippen LogP contribution in [0.5, 0.6) is 0 Å². The molecular weight excluding hydrogens is 290 g/mol. The standard InChI is InChI=1S/C13H13ClF2N2S/c1-7(11-4-5-12(14)19-11)18-10-3-2-8(17)6-9(10)13(15)16/h2-7,13,18H,17H2,1H3. The summed E-state index contributed by atoms with van der Waals surface area (Å²) in [6, 6.07) is 8.03. The number of anilines is 2. The molecule has 1 atom stereocenters. The molecule has 6 heteroatoms. The summed E-state index contributed by atoms with van der Waals surface area (Å²) in [5.41, 5.74) is 6.16. The van der Waals surface area contributed by atoms with Crippen LogP contribution in [0, 0.1) is 0 Å². The quantitative estimate of drug-likeness (QED) is 0.772. The van der Waals surface area contributed by atoms with E-state index in [0.29, 0.717) is 15.7 Å². The Hall–Kier alpha value is -1.33. The normalized spacial score (nSPS) is 12.7. The van der Waals surface area contributed by atoms with E-state index in [2.05, 4.69) is 5.32 Å². The maximum Gasteiger partial charge on any atom is 0.265 e. The van der Waals surface area contributed by atoms with Gasteiger partial charge in [-0.3, -0.25) is 0 Å². The first-order valence-corrected chi connectivity index (χ1v) is 6.86. The molecule has 2 rings (SSSR count). The number of nitrogen functional groups attached to an aromatic ring is 1. The maximum atomic E-state index is 13.0. The van der Waals surface area contributed by atoms with Crippen LogP contribution in [-0.2, 0) is 0 Å². The van der Waals surface area contributed by atoms with Crippen molar-refractivity contribution in [1.82, 2.24) is 0 Å². The van der Waals surface area contributed by atoms with Crippen LogP contribution >= 0.6 is 22.9 Å². The lowest BCUT2D eigenvalue weighted by atomic mass is 10.1. The zero-order valence-corrected chi connectivity index (χ0v) is 11.7. The van der Waals surface area contributed by atoms with Crippen LogP contribution < -0.4 is 11.1 Å². The molecule has 1 heterocycles. The van der Waals surface area contributed by atoms with Gasteiger partial charge in [0.2, 0.25) is 0 Å². The number of alkyl halides is 2. The average molecular weight is 303 g/mol. The molecule has 0 saturated carbocycles. The fraction of sp³-hybridized carbons (Fsp3) is 0.231. The van der Waals surface area contributed by atoms with Crippen molar-refractivity contribution in [3.63, 3.8) is 0 Å². The second-order valence-electron chi connectivity index (χ2n) is 4.16. The van der Waals surface area contributed by atoms with E-state index < -0.39 is 6.43 Å². The van der Waals surface area contributed by atoms with E-state index in [0.717, 1.165) is 4.88 Å². The lowest BCUT2D eigenvalue weighted by Crippen LogP contribution is -2.07. The summed E-state index contributed by atoms with van der Waals surface area (Å²) < 4.78 is 26.6. The van der Waals surface area contributed by atoms with Crippen LogP contribution in [0.15, 0.2) is 30.3 Å². The topological polar surface area (TPSA) is 38.0 Å². The molecule has 102 valence electrons. The van der Waals surface area contributed by atoms with Crippen molar-refractivity contribution in [1.29, 1.82) is 0 Å². The fourth-order valence-electron chi connectivity index (χ4n) is 1.76. The minimum atomic E-state index is -2.56. The molecule has 0 amide bonds. The first-order valence-electron chi connectivity index (χ1n) is 5.66. The second kappa shape index (κ2) is 5.75. The van der Waals surface area contributed by atoms with E-state index in [4.69, 9.17) is 17.3 Å². The molecule has 19 heavy (non-hydrogen) atoms. The van der Waals surface area contributed by atoms with Crippen molar-refractivity contribution in [2.45, 2.75) is 19.4 Å². The van der Waals surface area contributed by atoms with Gasteiger partial charge in [-0.15, -0.1) is 11.3 Å². The molecule has 1 unspecified atom stereocenters. The monoisotopic (exact) mass is 302 g/mol. The van der Waals surface area contributed by atoms with Gasteiger partial charge < -0.3 is 11.1 Å². The Morgan fingerprint density at radius 1 is 1.26 bits per heavy atom. The smallest absolute Gasteiger partial charge is 0.265 e. The minimum absolute atomic E-state index is 0.0884. The van der Waals surface area contributed by atoms with Gasteiger partial charge in [0, 0.05) is 21.8 Å². The summed E-state index contributed by atoms with van der Waals surface area (Å²) in [6.07, 6.45) is -2.56. The Bertz CT molecular complexity index is 572. The molecule has 2 aromatic rings. The van der Waals surface area contributed by atoms with Gasteiger partial charge in [-0.25, -0.2) is 8.78 Å². The van der Waals surface area contributed by atoms with Gasteiger partial charge in [0.1, 0.15) is 0 Å². The number of rotatable bonds is 4. The van der Waals surface area contributed by atoms with Gasteiger partial charge in [0.05, 0.1) is 10.4 Å². The summed E-state index contributed by atoms with van der Waals surface area (Å²) >= 11 is 7.29. The lowest BCUT2D eigenvalue weighted by Gasteiger charge is -2.17. The average Bonchev–Trinajstić information content (AvgIpc) is 2.78. The molecule has 1 aromatic carbocycles. The highest BCUT2D eigenvalue weighted by atomic mass is 35.5. The van der Waals surface area contributed by atoms with Gasteiger partial charge in [0.15, 0.2) is 0 Å². The number of benzene rings is 1. The number of thiophene rings is 1. The molecule has 0 spiro atoms. The van der Waals surface area contributed by atoms with Crippen molar-refractivity contribution >= 4 is 34.3 Å². The van der Waals surface area contributed by atoms with E-state index in [1.54, 1.807) is 18.2 Å². The largest absolute Gasteiger partial charge is 0.399 e. The van der Waals surface area contributed by atoms with Gasteiger partial charge in [-0.05, 0) is 37.3 Å². The highest BCUT2D eigenvalue weighted by molar-refractivity contribution is 7.16. The fourth-order valence-corrected chi connectivity index (χ4v) is 2.82. The molecule has 0 aliphatic carbocycles. The molecule has 0 fully saturated rings. The van der Waals surface area contributed by atoms with E-state index in [1.165, 1.54) is 17.4 Å². The number of halogens is 3. The van der Waals surface area contributed by atoms with Crippen molar-refractivity contribution in [3.05, 3.63) is 45.1 Å². The van der Waals surface area contributed by atoms with E-state index in [1.807, 2.05) is 13.0 Å². The molecule has 0 bridgehead atoms. The number of hydrogen-bond donors (Lipinski definition) is 2. The van der Waals surface area contributed by atoms with Crippen molar-refractivity contribution < 1.29 is 8.78 Å². The van der Waals surface area contributed by atoms with Crippen LogP contribution in [0.2, 0.25) is 4.34 Å². The number of nitrogens with one attached hydrogen (secondary N) is 1. The van der Waals surface area contributed by atoms with Gasteiger partial charge in [-0.1, -0.05) is 11.6 Å². The zero-order chi connectivity index (χ0) is 14.0. The van der Waals surface area contributed by atoms with Crippen LogP contribution in [-0.4, -0.2) is 0 Å². The molecule has 1 aromatic heterocycles. The maximum absolute atomic E-state index is 13.0. The predicted molar refractivity (Wildman–Crippen MR) is 77.2 cm³/mol. The summed E-state index contributed by atoms with van der Waals surface area (Å²) in [7, 11) is 0. The third kappa shape index (κ3) is 3.36. The Morgan fingerprint density at radius 2 is 2.00 bits per heavy atom. The van der Waals surface area contributed by atoms with Crippen LogP contribution in [0.1, 0.15) is 29.8 Å². The van der Waals surface area contributed by atoms with Gasteiger partial charge >= 0.3 is 0 Å². The highest BCUT2D eigenvalue weighted by Gasteiger charge is 2.16. The summed E-state index contributed by atoms with van der Waals surface area (Å²) in [4.78, 5) is 0.988. The lowest BCUT2D eigenvalue weighted by molar-refractivity contribution is 0.152. The third-order valence-corrected chi connectivity index (χ3v) is 4.12. The van der Waals surface area contributed by atoms with Crippen LogP contribution in [0.25, 0.3) is 0 Å². The Labute approximate surface area is 119 Å². The molecular formula is C13H13ClF2N2S. The predicted octanol–water partition coefficient (Wildman–Crippen LogP) is 5.09. The van der Waals surface area contributed by atoms with Crippen LogP contribution in [0.4, 0.5) is 20.2 Å². The molecule has 0 aliphatic heterocycles. The second-order valence-corrected chi connectivity index (χ2v) is 5.90. The molecule has 0 aliphatic rings. The molecule has 2 nitrogen and oxygen atoms in total. The third-order valence-electron chi connectivity index (χ3n) is 2.70. The Balaban J connectivity index is 2.23. The Kier molecular flexibility index (Phi) is 4.27. The van der Waals surface area contributed by atoms with Crippen molar-refractivity contribution in [3.8, 4) is 0 Å². The SMILES string of the molecule is CC(Nc1ccc(N)cc1C(F)F)c1ccc(Cl)s1. The minimum Gasteiger partial charge on any atom is -0.399 e. The van der Waals surface area contributed by atoms with E-state index >= 15 is 0 Å². The van der Waals surface area contributed by atoms with E-state index in [9.17, 15) is 8.78 Å². The first kappa shape index (κ1) is 14.1. The number of nitrogens with two attached hydrogens (primary N) is 1. The summed E-state index contributed by atoms with van der Waals surface area (Å²) in [5.74, 6) is 0. The first-order chi connectivity index (χ1) is 8.97. The number of hydrogen-bond acceptors (Lipinski definition) is 3. The van der Waals surface area contributed by atoms with Gasteiger partial charge in [-0.2, -0.15) is 0 Å². The molecule has 3 N–H and O–H groups in total. The molecule has 0 radical (unpaired) electrons.